The van der Waals surface area contributed by atoms with Crippen LogP contribution in [0.25, 0.3) is 0 Å². The lowest BCUT2D eigenvalue weighted by molar-refractivity contribution is -0.0517. The molecule has 8 heteroatoms. The van der Waals surface area contributed by atoms with E-state index in [0.29, 0.717) is 31.0 Å². The molecule has 1 saturated heterocycles. The van der Waals surface area contributed by atoms with Crippen molar-refractivity contribution in [2.24, 2.45) is 0 Å². The third kappa shape index (κ3) is 5.26. The second-order valence-electron chi connectivity index (χ2n) is 5.97. The molecule has 1 aromatic heterocycles. The lowest BCUT2D eigenvalue weighted by Gasteiger charge is -2.33. The highest BCUT2D eigenvalue weighted by Crippen LogP contribution is 2.13. The molecule has 1 aromatic carbocycles. The molecule has 1 fully saturated rings. The highest BCUT2D eigenvalue weighted by Gasteiger charge is 2.23. The van der Waals surface area contributed by atoms with E-state index in [1.165, 1.54) is 6.33 Å². The predicted molar refractivity (Wildman–Crippen MR) is 88.9 cm³/mol. The highest BCUT2D eigenvalue weighted by molar-refractivity contribution is 5.34. The molecule has 2 atom stereocenters. The van der Waals surface area contributed by atoms with E-state index < -0.39 is 6.10 Å². The summed E-state index contributed by atoms with van der Waals surface area (Å²) in [6.45, 7) is 3.51. The van der Waals surface area contributed by atoms with Gasteiger partial charge in [0, 0.05) is 19.6 Å². The van der Waals surface area contributed by atoms with Crippen LogP contribution in [0.15, 0.2) is 36.9 Å². The fraction of sp³-hybridized carbons (Fsp3) is 0.471. The van der Waals surface area contributed by atoms with Gasteiger partial charge in [0.05, 0.1) is 30.9 Å². The first kappa shape index (κ1) is 17.4. The second-order valence-corrected chi connectivity index (χ2v) is 5.97. The Morgan fingerprint density at radius 2 is 2.24 bits per heavy atom. The molecule has 1 aliphatic heterocycles. The topological polar surface area (TPSA) is 96.4 Å². The van der Waals surface area contributed by atoms with Crippen molar-refractivity contribution in [1.29, 1.82) is 5.26 Å². The van der Waals surface area contributed by atoms with Crippen molar-refractivity contribution in [2.75, 3.05) is 32.8 Å². The maximum Gasteiger partial charge on any atom is 0.137 e. The van der Waals surface area contributed by atoms with Gasteiger partial charge in [-0.3, -0.25) is 9.58 Å². The molecule has 2 heterocycles. The standard InChI is InChI=1S/C17H21N5O3/c18-7-14-1-3-16(4-2-14)25-11-15(23)8-21-5-6-24-17(9-21)10-22-13-19-12-20-22/h1-4,12-13,15,17,23H,5-6,8-11H2/t15-,17+/m0/s1. The molecule has 0 radical (unpaired) electrons. The molecule has 8 nitrogen and oxygen atoms in total. The quantitative estimate of drug-likeness (QED) is 0.772. The zero-order chi connectivity index (χ0) is 17.5. The Bertz CT molecular complexity index is 683. The van der Waals surface area contributed by atoms with Crippen molar-refractivity contribution in [3.63, 3.8) is 0 Å². The summed E-state index contributed by atoms with van der Waals surface area (Å²) in [5.41, 5.74) is 0.583. The number of rotatable bonds is 7. The molecule has 0 unspecified atom stereocenters. The number of aliphatic hydroxyl groups is 1. The highest BCUT2D eigenvalue weighted by atomic mass is 16.5. The van der Waals surface area contributed by atoms with Crippen molar-refractivity contribution < 1.29 is 14.6 Å². The van der Waals surface area contributed by atoms with E-state index in [-0.39, 0.29) is 12.7 Å². The molecular formula is C17H21N5O3. The first-order chi connectivity index (χ1) is 12.2. The Balaban J connectivity index is 1.42. The molecule has 0 aliphatic carbocycles. The van der Waals surface area contributed by atoms with Crippen LogP contribution in [-0.4, -0.2) is 69.8 Å². The second kappa shape index (κ2) is 8.58. The van der Waals surface area contributed by atoms with Gasteiger partial charge >= 0.3 is 0 Å². The summed E-state index contributed by atoms with van der Waals surface area (Å²) in [6.07, 6.45) is 2.61. The zero-order valence-corrected chi connectivity index (χ0v) is 13.9. The molecule has 0 spiro atoms. The molecule has 2 aromatic rings. The molecule has 25 heavy (non-hydrogen) atoms. The SMILES string of the molecule is N#Cc1ccc(OC[C@@H](O)CN2CCO[C@@H](Cn3cncn3)C2)cc1. The molecule has 0 bridgehead atoms. The summed E-state index contributed by atoms with van der Waals surface area (Å²) in [5, 5.41) is 23.1. The number of nitrogens with zero attached hydrogens (tertiary/aromatic N) is 5. The summed E-state index contributed by atoms with van der Waals surface area (Å²) >= 11 is 0. The first-order valence-corrected chi connectivity index (χ1v) is 8.20. The molecular weight excluding hydrogens is 322 g/mol. The van der Waals surface area contributed by atoms with Crippen molar-refractivity contribution in [3.8, 4) is 11.8 Å². The Hall–Kier alpha value is -2.47. The van der Waals surface area contributed by atoms with Crippen molar-refractivity contribution in [3.05, 3.63) is 42.5 Å². The Kier molecular flexibility index (Phi) is 5.95. The van der Waals surface area contributed by atoms with Gasteiger partial charge < -0.3 is 14.6 Å². The van der Waals surface area contributed by atoms with Gasteiger partial charge in [0.2, 0.25) is 0 Å². The first-order valence-electron chi connectivity index (χ1n) is 8.20. The Morgan fingerprint density at radius 3 is 2.96 bits per heavy atom. The molecule has 1 N–H and O–H groups in total. The largest absolute Gasteiger partial charge is 0.491 e. The smallest absolute Gasteiger partial charge is 0.137 e. The molecule has 0 saturated carbocycles. The van der Waals surface area contributed by atoms with Gasteiger partial charge in [0.25, 0.3) is 0 Å². The van der Waals surface area contributed by atoms with Gasteiger partial charge in [-0.1, -0.05) is 0 Å². The number of morpholine rings is 1. The van der Waals surface area contributed by atoms with Crippen LogP contribution >= 0.6 is 0 Å². The van der Waals surface area contributed by atoms with Crippen LogP contribution in [0.2, 0.25) is 0 Å². The molecule has 3 rings (SSSR count). The summed E-state index contributed by atoms with van der Waals surface area (Å²) in [7, 11) is 0. The number of benzene rings is 1. The Morgan fingerprint density at radius 1 is 1.40 bits per heavy atom. The van der Waals surface area contributed by atoms with E-state index in [9.17, 15) is 5.11 Å². The van der Waals surface area contributed by atoms with Gasteiger partial charge in [-0.25, -0.2) is 4.98 Å². The van der Waals surface area contributed by atoms with Crippen LogP contribution in [0.5, 0.6) is 5.75 Å². The minimum atomic E-state index is -0.597. The van der Waals surface area contributed by atoms with Gasteiger partial charge in [0.1, 0.15) is 31.1 Å². The van der Waals surface area contributed by atoms with Gasteiger partial charge in [-0.05, 0) is 24.3 Å². The maximum atomic E-state index is 10.2. The minimum Gasteiger partial charge on any atom is -0.491 e. The monoisotopic (exact) mass is 343 g/mol. The third-order valence-electron chi connectivity index (χ3n) is 3.97. The van der Waals surface area contributed by atoms with Crippen LogP contribution in [0, 0.1) is 11.3 Å². The van der Waals surface area contributed by atoms with Gasteiger partial charge in [0.15, 0.2) is 0 Å². The average Bonchev–Trinajstić information content (AvgIpc) is 3.14. The van der Waals surface area contributed by atoms with Gasteiger partial charge in [-0.15, -0.1) is 0 Å². The summed E-state index contributed by atoms with van der Waals surface area (Å²) < 4.78 is 13.1. The number of β-amino-alcohol motifs (C(OH)–C–C–N with tert-alkyl or cyclic N) is 1. The van der Waals surface area contributed by atoms with Crippen molar-refractivity contribution in [2.45, 2.75) is 18.8 Å². The van der Waals surface area contributed by atoms with Crippen molar-refractivity contribution in [1.82, 2.24) is 19.7 Å². The summed E-state index contributed by atoms with van der Waals surface area (Å²) in [4.78, 5) is 6.09. The number of nitriles is 1. The van der Waals surface area contributed by atoms with Crippen LogP contribution in [0.3, 0.4) is 0 Å². The third-order valence-corrected chi connectivity index (χ3v) is 3.97. The normalized spacial score (nSPS) is 19.3. The lowest BCUT2D eigenvalue weighted by atomic mass is 10.2. The Labute approximate surface area is 146 Å². The van der Waals surface area contributed by atoms with Crippen molar-refractivity contribution >= 4 is 0 Å². The van der Waals surface area contributed by atoms with Crippen LogP contribution in [0.4, 0.5) is 0 Å². The fourth-order valence-corrected chi connectivity index (χ4v) is 2.76. The van der Waals surface area contributed by atoms with E-state index in [1.54, 1.807) is 35.3 Å². The molecule has 0 amide bonds. The zero-order valence-electron chi connectivity index (χ0n) is 13.9. The molecule has 1 aliphatic rings. The van der Waals surface area contributed by atoms with E-state index in [0.717, 1.165) is 13.1 Å². The van der Waals surface area contributed by atoms with Gasteiger partial charge in [-0.2, -0.15) is 10.4 Å². The van der Waals surface area contributed by atoms with E-state index in [2.05, 4.69) is 21.1 Å². The van der Waals surface area contributed by atoms with E-state index in [1.807, 2.05) is 0 Å². The lowest BCUT2D eigenvalue weighted by Crippen LogP contribution is -2.47. The summed E-state index contributed by atoms with van der Waals surface area (Å²) in [5.74, 6) is 0.643. The van der Waals surface area contributed by atoms with Crippen LogP contribution in [-0.2, 0) is 11.3 Å². The maximum absolute atomic E-state index is 10.2. The number of aromatic nitrogens is 3. The summed E-state index contributed by atoms with van der Waals surface area (Å²) in [6, 6.07) is 8.91. The number of aliphatic hydroxyl groups excluding tert-OH is 1. The molecule has 132 valence electrons. The number of hydrogen-bond donors (Lipinski definition) is 1. The van der Waals surface area contributed by atoms with E-state index >= 15 is 0 Å². The minimum absolute atomic E-state index is 0.0297. The number of ether oxygens (including phenoxy) is 2. The van der Waals surface area contributed by atoms with E-state index in [4.69, 9.17) is 14.7 Å². The van der Waals surface area contributed by atoms with Crippen LogP contribution in [0.1, 0.15) is 5.56 Å². The predicted octanol–water partition coefficient (Wildman–Crippen LogP) is 0.290. The fourth-order valence-electron chi connectivity index (χ4n) is 2.76. The van der Waals surface area contributed by atoms with Crippen LogP contribution < -0.4 is 4.74 Å². The number of hydrogen-bond acceptors (Lipinski definition) is 7. The average molecular weight is 343 g/mol.